The summed E-state index contributed by atoms with van der Waals surface area (Å²) >= 11 is 0. The first-order valence-electron chi connectivity index (χ1n) is 6.83. The van der Waals surface area contributed by atoms with Gasteiger partial charge in [0.05, 0.1) is 12.6 Å². The summed E-state index contributed by atoms with van der Waals surface area (Å²) in [5.74, 6) is 0.269. The number of methoxy groups -OCH3 is 1. The van der Waals surface area contributed by atoms with Crippen LogP contribution in [0.3, 0.4) is 0 Å². The van der Waals surface area contributed by atoms with E-state index in [0.29, 0.717) is 18.7 Å². The van der Waals surface area contributed by atoms with Crippen molar-refractivity contribution in [3.8, 4) is 0 Å². The molecule has 0 bridgehead atoms. The molecule has 4 nitrogen and oxygen atoms in total. The lowest BCUT2D eigenvalue weighted by Crippen LogP contribution is -2.43. The molecule has 1 amide bonds. The molecule has 4 heteroatoms. The molecular weight excluding hydrogens is 216 g/mol. The van der Waals surface area contributed by atoms with Gasteiger partial charge in [-0.15, -0.1) is 0 Å². The van der Waals surface area contributed by atoms with Gasteiger partial charge < -0.3 is 15.0 Å². The summed E-state index contributed by atoms with van der Waals surface area (Å²) < 4.78 is 5.33. The molecule has 2 rings (SSSR count). The van der Waals surface area contributed by atoms with Gasteiger partial charge in [0.1, 0.15) is 0 Å². The minimum Gasteiger partial charge on any atom is -0.381 e. The third kappa shape index (κ3) is 3.68. The number of ether oxygens (including phenoxy) is 1. The van der Waals surface area contributed by atoms with Crippen LogP contribution in [0.2, 0.25) is 0 Å². The molecule has 0 aromatic rings. The quantitative estimate of drug-likeness (QED) is 0.801. The molecule has 1 heterocycles. The molecule has 1 aliphatic carbocycles. The van der Waals surface area contributed by atoms with Crippen molar-refractivity contribution >= 4 is 5.91 Å². The Bertz CT molecular complexity index is 252. The molecule has 0 radical (unpaired) electrons. The number of hydrogen-bond acceptors (Lipinski definition) is 3. The highest BCUT2D eigenvalue weighted by Gasteiger charge is 2.25. The Kier molecular flexibility index (Phi) is 4.80. The van der Waals surface area contributed by atoms with Crippen LogP contribution in [0.15, 0.2) is 0 Å². The van der Waals surface area contributed by atoms with Crippen LogP contribution in [-0.4, -0.2) is 49.7 Å². The number of carbonyl (C=O) groups is 1. The molecule has 2 atom stereocenters. The van der Waals surface area contributed by atoms with Crippen LogP contribution in [0.4, 0.5) is 0 Å². The lowest BCUT2D eigenvalue weighted by molar-refractivity contribution is -0.131. The number of amides is 1. The molecule has 1 aliphatic heterocycles. The number of rotatable bonds is 4. The molecule has 0 aromatic heterocycles. The van der Waals surface area contributed by atoms with Gasteiger partial charge in [0.2, 0.25) is 5.91 Å². The number of nitrogens with one attached hydrogen (secondary N) is 1. The van der Waals surface area contributed by atoms with Gasteiger partial charge in [0, 0.05) is 26.2 Å². The lowest BCUT2D eigenvalue weighted by atomic mass is 10.1. The van der Waals surface area contributed by atoms with Gasteiger partial charge in [-0.25, -0.2) is 0 Å². The summed E-state index contributed by atoms with van der Waals surface area (Å²) in [6.45, 7) is 2.40. The fourth-order valence-electron chi connectivity index (χ4n) is 2.83. The van der Waals surface area contributed by atoms with Crippen molar-refractivity contribution in [1.82, 2.24) is 10.2 Å². The Balaban J connectivity index is 1.65. The van der Waals surface area contributed by atoms with Crippen LogP contribution in [0.1, 0.15) is 38.5 Å². The van der Waals surface area contributed by atoms with Crippen LogP contribution in [-0.2, 0) is 9.53 Å². The smallest absolute Gasteiger partial charge is 0.236 e. The van der Waals surface area contributed by atoms with Crippen LogP contribution in [0.25, 0.3) is 0 Å². The van der Waals surface area contributed by atoms with E-state index in [1.807, 2.05) is 4.90 Å². The Morgan fingerprint density at radius 2 is 2.06 bits per heavy atom. The van der Waals surface area contributed by atoms with E-state index in [0.717, 1.165) is 32.4 Å². The first-order valence-corrected chi connectivity index (χ1v) is 6.83. The zero-order valence-electron chi connectivity index (χ0n) is 10.8. The maximum absolute atomic E-state index is 11.9. The standard InChI is InChI=1S/C13H24N2O2/c1-17-12-6-5-11(9-12)14-10-13(16)15-7-3-2-4-8-15/h11-12,14H,2-10H2,1H3. The van der Waals surface area contributed by atoms with Crippen LogP contribution in [0, 0.1) is 0 Å². The van der Waals surface area contributed by atoms with Crippen molar-refractivity contribution in [2.75, 3.05) is 26.7 Å². The third-order valence-electron chi connectivity index (χ3n) is 3.97. The first kappa shape index (κ1) is 12.8. The van der Waals surface area contributed by atoms with Crippen molar-refractivity contribution in [3.63, 3.8) is 0 Å². The SMILES string of the molecule is COC1CCC(NCC(=O)N2CCCCC2)C1. The summed E-state index contributed by atoms with van der Waals surface area (Å²) in [4.78, 5) is 13.9. The maximum atomic E-state index is 11.9. The van der Waals surface area contributed by atoms with Crippen LogP contribution >= 0.6 is 0 Å². The molecule has 1 saturated heterocycles. The topological polar surface area (TPSA) is 41.6 Å². The van der Waals surface area contributed by atoms with E-state index in [1.54, 1.807) is 7.11 Å². The molecular formula is C13H24N2O2. The fourth-order valence-corrected chi connectivity index (χ4v) is 2.83. The van der Waals surface area contributed by atoms with Crippen molar-refractivity contribution in [2.24, 2.45) is 0 Å². The summed E-state index contributed by atoms with van der Waals surface area (Å²) in [6, 6.07) is 0.466. The number of piperidine rings is 1. The third-order valence-corrected chi connectivity index (χ3v) is 3.97. The van der Waals surface area contributed by atoms with Gasteiger partial charge in [0.25, 0.3) is 0 Å². The zero-order chi connectivity index (χ0) is 12.1. The number of nitrogens with zero attached hydrogens (tertiary/aromatic N) is 1. The highest BCUT2D eigenvalue weighted by Crippen LogP contribution is 2.21. The first-order chi connectivity index (χ1) is 8.29. The van der Waals surface area contributed by atoms with Crippen LogP contribution in [0.5, 0.6) is 0 Å². The second-order valence-corrected chi connectivity index (χ2v) is 5.19. The fraction of sp³-hybridized carbons (Fsp3) is 0.923. The molecule has 17 heavy (non-hydrogen) atoms. The van der Waals surface area contributed by atoms with E-state index in [-0.39, 0.29) is 5.91 Å². The maximum Gasteiger partial charge on any atom is 0.236 e. The van der Waals surface area contributed by atoms with Gasteiger partial charge in [-0.1, -0.05) is 0 Å². The van der Waals surface area contributed by atoms with E-state index < -0.39 is 0 Å². The average molecular weight is 240 g/mol. The minimum atomic E-state index is 0.269. The van der Waals surface area contributed by atoms with Crippen LogP contribution < -0.4 is 5.32 Å². The molecule has 2 unspecified atom stereocenters. The van der Waals surface area contributed by atoms with E-state index >= 15 is 0 Å². The molecule has 1 N–H and O–H groups in total. The van der Waals surface area contributed by atoms with Crippen molar-refractivity contribution < 1.29 is 9.53 Å². The summed E-state index contributed by atoms with van der Waals surface area (Å²) in [6.07, 6.45) is 7.29. The molecule has 1 saturated carbocycles. The van der Waals surface area contributed by atoms with Gasteiger partial charge in [-0.05, 0) is 38.5 Å². The largest absolute Gasteiger partial charge is 0.381 e. The van der Waals surface area contributed by atoms with Crippen molar-refractivity contribution in [2.45, 2.75) is 50.7 Å². The van der Waals surface area contributed by atoms with E-state index in [1.165, 1.54) is 19.3 Å². The number of carbonyl (C=O) groups excluding carboxylic acids is 1. The Morgan fingerprint density at radius 3 is 2.71 bits per heavy atom. The van der Waals surface area contributed by atoms with Crippen molar-refractivity contribution in [1.29, 1.82) is 0 Å². The summed E-state index contributed by atoms with van der Waals surface area (Å²) in [7, 11) is 1.77. The minimum absolute atomic E-state index is 0.269. The van der Waals surface area contributed by atoms with Gasteiger partial charge in [-0.2, -0.15) is 0 Å². The second-order valence-electron chi connectivity index (χ2n) is 5.19. The summed E-state index contributed by atoms with van der Waals surface area (Å²) in [5, 5.41) is 3.37. The van der Waals surface area contributed by atoms with Crippen molar-refractivity contribution in [3.05, 3.63) is 0 Å². The van der Waals surface area contributed by atoms with Gasteiger partial charge in [-0.3, -0.25) is 4.79 Å². The molecule has 2 fully saturated rings. The Morgan fingerprint density at radius 1 is 1.29 bits per heavy atom. The Hall–Kier alpha value is -0.610. The van der Waals surface area contributed by atoms with E-state index in [4.69, 9.17) is 4.74 Å². The zero-order valence-corrected chi connectivity index (χ0v) is 10.8. The average Bonchev–Trinajstić information content (AvgIpc) is 2.85. The predicted octanol–water partition coefficient (Wildman–Crippen LogP) is 1.16. The molecule has 0 spiro atoms. The van der Waals surface area contributed by atoms with Gasteiger partial charge >= 0.3 is 0 Å². The number of hydrogen-bond donors (Lipinski definition) is 1. The van der Waals surface area contributed by atoms with Gasteiger partial charge in [0.15, 0.2) is 0 Å². The molecule has 98 valence electrons. The summed E-state index contributed by atoms with van der Waals surface area (Å²) in [5.41, 5.74) is 0. The number of likely N-dealkylation sites (tertiary alicyclic amines) is 1. The molecule has 2 aliphatic rings. The lowest BCUT2D eigenvalue weighted by Gasteiger charge is -2.27. The highest BCUT2D eigenvalue weighted by molar-refractivity contribution is 5.78. The predicted molar refractivity (Wildman–Crippen MR) is 66.9 cm³/mol. The second kappa shape index (κ2) is 6.36. The highest BCUT2D eigenvalue weighted by atomic mass is 16.5. The molecule has 0 aromatic carbocycles. The van der Waals surface area contributed by atoms with E-state index in [9.17, 15) is 4.79 Å². The normalized spacial score (nSPS) is 29.6. The Labute approximate surface area is 104 Å². The monoisotopic (exact) mass is 240 g/mol. The van der Waals surface area contributed by atoms with E-state index in [2.05, 4.69) is 5.32 Å².